The first-order valence-electron chi connectivity index (χ1n) is 5.01. The van der Waals surface area contributed by atoms with E-state index in [0.717, 1.165) is 5.69 Å². The van der Waals surface area contributed by atoms with Crippen LogP contribution < -0.4 is 5.32 Å². The highest BCUT2D eigenvalue weighted by atomic mass is 16.5. The van der Waals surface area contributed by atoms with E-state index in [2.05, 4.69) is 10.4 Å². The second-order valence-corrected chi connectivity index (χ2v) is 3.53. The Kier molecular flexibility index (Phi) is 4.45. The van der Waals surface area contributed by atoms with Crippen molar-refractivity contribution in [1.82, 2.24) is 15.1 Å². The van der Waals surface area contributed by atoms with Crippen molar-refractivity contribution in [3.05, 3.63) is 17.5 Å². The first kappa shape index (κ1) is 12.7. The number of carboxylic acid groups (broad SMARTS) is 1. The number of carboxylic acids is 1. The van der Waals surface area contributed by atoms with Gasteiger partial charge < -0.3 is 9.84 Å². The quantitative estimate of drug-likeness (QED) is 0.674. The van der Waals surface area contributed by atoms with E-state index in [1.54, 1.807) is 25.0 Å². The molecule has 6 heteroatoms. The first-order valence-corrected chi connectivity index (χ1v) is 5.01. The number of hydrogen-bond acceptors (Lipinski definition) is 4. The van der Waals surface area contributed by atoms with Crippen LogP contribution in [0.1, 0.15) is 17.3 Å². The maximum absolute atomic E-state index is 11.1. The Morgan fingerprint density at radius 2 is 2.44 bits per heavy atom. The van der Waals surface area contributed by atoms with E-state index in [9.17, 15) is 4.79 Å². The van der Waals surface area contributed by atoms with Crippen LogP contribution in [0.15, 0.2) is 6.20 Å². The summed E-state index contributed by atoms with van der Waals surface area (Å²) in [6.07, 6.45) is 1.58. The second-order valence-electron chi connectivity index (χ2n) is 3.53. The Morgan fingerprint density at radius 1 is 1.75 bits per heavy atom. The molecule has 0 saturated heterocycles. The third kappa shape index (κ3) is 2.80. The zero-order valence-electron chi connectivity index (χ0n) is 9.73. The Labute approximate surface area is 94.2 Å². The molecule has 0 aliphatic heterocycles. The minimum atomic E-state index is -0.910. The minimum Gasteiger partial charge on any atom is -0.480 e. The van der Waals surface area contributed by atoms with Crippen LogP contribution in [0, 0.1) is 6.92 Å². The summed E-state index contributed by atoms with van der Waals surface area (Å²) in [5.74, 6) is -0.910. The number of nitrogens with one attached hydrogen (secondary N) is 1. The van der Waals surface area contributed by atoms with Gasteiger partial charge in [0.25, 0.3) is 0 Å². The second kappa shape index (κ2) is 5.62. The van der Waals surface area contributed by atoms with Gasteiger partial charge in [-0.15, -0.1) is 0 Å². The molecule has 1 rings (SSSR count). The lowest BCUT2D eigenvalue weighted by atomic mass is 10.1. The van der Waals surface area contributed by atoms with Crippen LogP contribution in [0.2, 0.25) is 0 Å². The lowest BCUT2D eigenvalue weighted by molar-refractivity contribution is -0.139. The fraction of sp³-hybridized carbons (Fsp3) is 0.600. The number of carbonyl (C=O) groups is 1. The number of ether oxygens (including phenoxy) is 1. The highest BCUT2D eigenvalue weighted by Gasteiger charge is 2.22. The van der Waals surface area contributed by atoms with E-state index in [1.807, 2.05) is 6.92 Å². The van der Waals surface area contributed by atoms with Crippen molar-refractivity contribution < 1.29 is 14.6 Å². The maximum atomic E-state index is 11.1. The molecular formula is C10H17N3O3. The van der Waals surface area contributed by atoms with Gasteiger partial charge in [-0.1, -0.05) is 0 Å². The largest absolute Gasteiger partial charge is 0.480 e. The standard InChI is InChI=1S/C10H17N3O3/c1-7-8(6-12-13(7)2)9(10(14)15)11-4-5-16-3/h6,9,11H,4-5H2,1-3H3,(H,14,15). The van der Waals surface area contributed by atoms with Crippen molar-refractivity contribution in [3.8, 4) is 0 Å². The summed E-state index contributed by atoms with van der Waals surface area (Å²) in [5, 5.41) is 16.1. The molecule has 6 nitrogen and oxygen atoms in total. The highest BCUT2D eigenvalue weighted by molar-refractivity contribution is 5.75. The van der Waals surface area contributed by atoms with Crippen LogP contribution in [0.25, 0.3) is 0 Å². The van der Waals surface area contributed by atoms with Crippen LogP contribution >= 0.6 is 0 Å². The Balaban J connectivity index is 2.77. The molecule has 0 saturated carbocycles. The van der Waals surface area contributed by atoms with Crippen LogP contribution in [-0.4, -0.2) is 41.1 Å². The van der Waals surface area contributed by atoms with Crippen LogP contribution in [-0.2, 0) is 16.6 Å². The lowest BCUT2D eigenvalue weighted by Crippen LogP contribution is -2.31. The normalized spacial score (nSPS) is 12.7. The van der Waals surface area contributed by atoms with Crippen molar-refractivity contribution in [3.63, 3.8) is 0 Å². The number of aliphatic carboxylic acids is 1. The molecule has 90 valence electrons. The number of nitrogens with zero attached hydrogens (tertiary/aromatic N) is 2. The van der Waals surface area contributed by atoms with E-state index in [0.29, 0.717) is 18.7 Å². The molecule has 0 amide bonds. The molecule has 0 aromatic carbocycles. The van der Waals surface area contributed by atoms with Gasteiger partial charge in [0.05, 0.1) is 12.8 Å². The molecule has 0 aliphatic carbocycles. The molecule has 16 heavy (non-hydrogen) atoms. The van der Waals surface area contributed by atoms with Gasteiger partial charge in [0, 0.05) is 32.0 Å². The average molecular weight is 227 g/mol. The average Bonchev–Trinajstić information content (AvgIpc) is 2.55. The van der Waals surface area contributed by atoms with Gasteiger partial charge in [0.15, 0.2) is 0 Å². The number of methoxy groups -OCH3 is 1. The van der Waals surface area contributed by atoms with Crippen molar-refractivity contribution in [2.24, 2.45) is 7.05 Å². The number of rotatable bonds is 6. The van der Waals surface area contributed by atoms with Gasteiger partial charge in [0.1, 0.15) is 6.04 Å². The molecule has 1 aromatic rings. The Hall–Kier alpha value is -1.40. The summed E-state index contributed by atoms with van der Waals surface area (Å²) in [4.78, 5) is 11.1. The van der Waals surface area contributed by atoms with Gasteiger partial charge in [-0.3, -0.25) is 14.8 Å². The van der Waals surface area contributed by atoms with Crippen molar-refractivity contribution >= 4 is 5.97 Å². The van der Waals surface area contributed by atoms with Crippen molar-refractivity contribution in [2.75, 3.05) is 20.3 Å². The summed E-state index contributed by atoms with van der Waals surface area (Å²) in [6.45, 7) is 2.81. The molecule has 2 N–H and O–H groups in total. The topological polar surface area (TPSA) is 76.4 Å². The minimum absolute atomic E-state index is 0.475. The van der Waals surface area contributed by atoms with Gasteiger partial charge in [-0.25, -0.2) is 0 Å². The number of hydrogen-bond donors (Lipinski definition) is 2. The summed E-state index contributed by atoms with van der Waals surface area (Å²) < 4.78 is 6.52. The number of aryl methyl sites for hydroxylation is 1. The zero-order chi connectivity index (χ0) is 12.1. The fourth-order valence-corrected chi connectivity index (χ4v) is 1.43. The summed E-state index contributed by atoms with van der Waals surface area (Å²) in [6, 6.07) is -0.733. The van der Waals surface area contributed by atoms with Crippen LogP contribution in [0.3, 0.4) is 0 Å². The van der Waals surface area contributed by atoms with Crippen LogP contribution in [0.5, 0.6) is 0 Å². The van der Waals surface area contributed by atoms with Crippen molar-refractivity contribution in [1.29, 1.82) is 0 Å². The van der Waals surface area contributed by atoms with E-state index in [4.69, 9.17) is 9.84 Å². The smallest absolute Gasteiger partial charge is 0.325 e. The van der Waals surface area contributed by atoms with E-state index in [-0.39, 0.29) is 0 Å². The first-order chi connectivity index (χ1) is 7.57. The molecular weight excluding hydrogens is 210 g/mol. The molecule has 0 radical (unpaired) electrons. The fourth-order valence-electron chi connectivity index (χ4n) is 1.43. The van der Waals surface area contributed by atoms with Gasteiger partial charge in [-0.2, -0.15) is 5.10 Å². The van der Waals surface area contributed by atoms with Gasteiger partial charge in [0.2, 0.25) is 0 Å². The van der Waals surface area contributed by atoms with E-state index >= 15 is 0 Å². The predicted octanol–water partition coefficient (Wildman–Crippen LogP) is 0.0902. The van der Waals surface area contributed by atoms with Gasteiger partial charge >= 0.3 is 5.97 Å². The summed E-state index contributed by atoms with van der Waals surface area (Å²) in [7, 11) is 3.36. The third-order valence-corrected chi connectivity index (χ3v) is 2.49. The summed E-state index contributed by atoms with van der Waals surface area (Å²) in [5.41, 5.74) is 1.53. The van der Waals surface area contributed by atoms with Crippen molar-refractivity contribution in [2.45, 2.75) is 13.0 Å². The summed E-state index contributed by atoms with van der Waals surface area (Å²) >= 11 is 0. The number of aromatic nitrogens is 2. The zero-order valence-corrected chi connectivity index (χ0v) is 9.73. The molecule has 0 spiro atoms. The van der Waals surface area contributed by atoms with Crippen LogP contribution in [0.4, 0.5) is 0 Å². The third-order valence-electron chi connectivity index (χ3n) is 2.49. The molecule has 1 unspecified atom stereocenters. The molecule has 0 aliphatic rings. The highest BCUT2D eigenvalue weighted by Crippen LogP contribution is 2.16. The SMILES string of the molecule is COCCNC(C(=O)O)c1cnn(C)c1C. The maximum Gasteiger partial charge on any atom is 0.325 e. The Morgan fingerprint density at radius 3 is 2.88 bits per heavy atom. The van der Waals surface area contributed by atoms with Gasteiger partial charge in [-0.05, 0) is 6.92 Å². The monoisotopic (exact) mass is 227 g/mol. The molecule has 0 bridgehead atoms. The molecule has 1 heterocycles. The van der Waals surface area contributed by atoms with E-state index in [1.165, 1.54) is 0 Å². The van der Waals surface area contributed by atoms with E-state index < -0.39 is 12.0 Å². The molecule has 0 fully saturated rings. The predicted molar refractivity (Wildman–Crippen MR) is 58.2 cm³/mol. The molecule has 1 aromatic heterocycles. The lowest BCUT2D eigenvalue weighted by Gasteiger charge is -2.13. The Bertz CT molecular complexity index is 362. The molecule has 1 atom stereocenters.